The van der Waals surface area contributed by atoms with Gasteiger partial charge in [-0.05, 0) is 95.2 Å². The number of benzene rings is 1. The maximum atomic E-state index is 13.6. The third kappa shape index (κ3) is 8.36. The Balaban J connectivity index is 1.54. The first kappa shape index (κ1) is 37.0. The van der Waals surface area contributed by atoms with Crippen molar-refractivity contribution in [3.63, 3.8) is 0 Å². The van der Waals surface area contributed by atoms with Gasteiger partial charge in [-0.1, -0.05) is 13.8 Å². The van der Waals surface area contributed by atoms with Gasteiger partial charge in [0.2, 0.25) is 0 Å². The summed E-state index contributed by atoms with van der Waals surface area (Å²) < 4.78 is 19.8. The van der Waals surface area contributed by atoms with E-state index in [1.165, 1.54) is 0 Å². The summed E-state index contributed by atoms with van der Waals surface area (Å²) >= 11 is 0. The van der Waals surface area contributed by atoms with Crippen LogP contribution in [0.5, 0.6) is 0 Å². The second-order valence-electron chi connectivity index (χ2n) is 14.7. The second kappa shape index (κ2) is 15.3. The Kier molecular flexibility index (Phi) is 11.3. The molecule has 270 valence electrons. The molecule has 12 heteroatoms. The predicted molar refractivity (Wildman–Crippen MR) is 192 cm³/mol. The zero-order chi connectivity index (χ0) is 36.2. The number of hydrazine groups is 1. The maximum Gasteiger partial charge on any atom is 0.408 e. The number of hydrogen-bond donors (Lipinski definition) is 3. The van der Waals surface area contributed by atoms with Gasteiger partial charge in [0.15, 0.2) is 11.7 Å². The second-order valence-corrected chi connectivity index (χ2v) is 14.7. The number of rotatable bonds is 12. The number of carbonyl (C=O) groups is 2. The standard InChI is InChI=1S/C38H52N6O6/c1-9-43-30-15-14-25(19-27(30)28(21-38(6,7)23-45)34(43)26-13-12-16-39-33(26)24(2)48-8)31-22-40-32(49-31)20-29(42-36(47)50-37(3,4)5)35(46)44-18-11-10-17-41-44/h12-16,19,22,24,29,41,45H,9-11,17-18,20-21,23H2,1-8H3,(H,42,47)/t24-,29-/m0/s1. The molecule has 0 spiro atoms. The molecule has 3 N–H and O–H groups in total. The molecule has 4 aromatic rings. The number of methoxy groups -OCH3 is 1. The van der Waals surface area contributed by atoms with Gasteiger partial charge < -0.3 is 28.9 Å². The van der Waals surface area contributed by atoms with Crippen molar-refractivity contribution < 1.29 is 28.6 Å². The number of amides is 2. The molecule has 50 heavy (non-hydrogen) atoms. The van der Waals surface area contributed by atoms with Crippen LogP contribution in [0.3, 0.4) is 0 Å². The molecule has 3 aromatic heterocycles. The molecular weight excluding hydrogens is 636 g/mol. The Hall–Kier alpha value is -4.26. The monoisotopic (exact) mass is 688 g/mol. The lowest BCUT2D eigenvalue weighted by Gasteiger charge is -2.31. The first-order valence-electron chi connectivity index (χ1n) is 17.5. The molecule has 0 saturated carbocycles. The molecular formula is C38H52N6O6. The van der Waals surface area contributed by atoms with Gasteiger partial charge >= 0.3 is 6.09 Å². The lowest BCUT2D eigenvalue weighted by Crippen LogP contribution is -2.56. The number of oxazole rings is 1. The Bertz CT molecular complexity index is 1800. The molecule has 0 aliphatic carbocycles. The highest BCUT2D eigenvalue weighted by Crippen LogP contribution is 2.41. The van der Waals surface area contributed by atoms with E-state index >= 15 is 0 Å². The number of pyridine rings is 1. The number of ether oxygens (including phenoxy) is 2. The number of nitrogens with zero attached hydrogens (tertiary/aromatic N) is 4. The van der Waals surface area contributed by atoms with Gasteiger partial charge in [0.25, 0.3) is 5.91 Å². The first-order chi connectivity index (χ1) is 23.7. The minimum Gasteiger partial charge on any atom is -0.444 e. The molecule has 1 fully saturated rings. The van der Waals surface area contributed by atoms with Crippen LogP contribution < -0.4 is 10.7 Å². The van der Waals surface area contributed by atoms with Crippen molar-refractivity contribution in [2.24, 2.45) is 5.41 Å². The van der Waals surface area contributed by atoms with Crippen molar-refractivity contribution in [1.82, 2.24) is 30.3 Å². The van der Waals surface area contributed by atoms with Gasteiger partial charge in [-0.25, -0.2) is 15.2 Å². The third-order valence-electron chi connectivity index (χ3n) is 8.98. The number of carbonyl (C=O) groups excluding carboxylic acids is 2. The van der Waals surface area contributed by atoms with Crippen LogP contribution in [-0.4, -0.2) is 75.1 Å². The van der Waals surface area contributed by atoms with Crippen LogP contribution >= 0.6 is 0 Å². The molecule has 0 bridgehead atoms. The molecule has 1 saturated heterocycles. The zero-order valence-corrected chi connectivity index (χ0v) is 30.6. The lowest BCUT2D eigenvalue weighted by molar-refractivity contribution is -0.138. The van der Waals surface area contributed by atoms with Crippen molar-refractivity contribution in [2.45, 2.75) is 98.4 Å². The quantitative estimate of drug-likeness (QED) is 0.158. The number of fused-ring (bicyclic) bond motifs is 1. The van der Waals surface area contributed by atoms with E-state index in [0.717, 1.165) is 58.4 Å². The van der Waals surface area contributed by atoms with Crippen LogP contribution in [0.1, 0.15) is 84.6 Å². The van der Waals surface area contributed by atoms with Gasteiger partial charge in [-0.2, -0.15) is 0 Å². The molecule has 4 heterocycles. The third-order valence-corrected chi connectivity index (χ3v) is 8.98. The Morgan fingerprint density at radius 2 is 1.92 bits per heavy atom. The maximum absolute atomic E-state index is 13.6. The Morgan fingerprint density at radius 3 is 2.58 bits per heavy atom. The van der Waals surface area contributed by atoms with E-state index in [2.05, 4.69) is 59.3 Å². The Morgan fingerprint density at radius 1 is 1.14 bits per heavy atom. The lowest BCUT2D eigenvalue weighted by atomic mass is 9.84. The topological polar surface area (TPSA) is 144 Å². The number of hydrogen-bond acceptors (Lipinski definition) is 9. The van der Waals surface area contributed by atoms with Crippen molar-refractivity contribution >= 4 is 22.9 Å². The number of alkyl carbamates (subject to hydrolysis) is 1. The van der Waals surface area contributed by atoms with Gasteiger partial charge in [-0.15, -0.1) is 0 Å². The van der Waals surface area contributed by atoms with Crippen LogP contribution in [0, 0.1) is 5.41 Å². The molecule has 2 atom stereocenters. The molecule has 1 aliphatic rings. The number of aliphatic hydroxyl groups excluding tert-OH is 1. The Labute approximate surface area is 294 Å². The van der Waals surface area contributed by atoms with Crippen LogP contribution in [0.4, 0.5) is 4.79 Å². The molecule has 1 aromatic carbocycles. The summed E-state index contributed by atoms with van der Waals surface area (Å²) in [6.07, 6.45) is 5.04. The largest absolute Gasteiger partial charge is 0.444 e. The molecule has 2 amide bonds. The number of aliphatic hydroxyl groups is 1. The minimum absolute atomic E-state index is 0.0227. The van der Waals surface area contributed by atoms with Gasteiger partial charge in [0.05, 0.1) is 30.1 Å². The fourth-order valence-corrected chi connectivity index (χ4v) is 6.41. The highest BCUT2D eigenvalue weighted by Gasteiger charge is 2.32. The smallest absolute Gasteiger partial charge is 0.408 e. The molecule has 1 aliphatic heterocycles. The summed E-state index contributed by atoms with van der Waals surface area (Å²) in [4.78, 5) is 35.6. The van der Waals surface area contributed by atoms with Crippen LogP contribution in [0.2, 0.25) is 0 Å². The normalized spacial score (nSPS) is 15.3. The zero-order valence-electron chi connectivity index (χ0n) is 30.6. The molecule has 0 unspecified atom stereocenters. The van der Waals surface area contributed by atoms with Crippen LogP contribution in [0.25, 0.3) is 33.5 Å². The number of aromatic nitrogens is 3. The average Bonchev–Trinajstić information content (AvgIpc) is 3.68. The summed E-state index contributed by atoms with van der Waals surface area (Å²) in [5, 5.41) is 15.7. The van der Waals surface area contributed by atoms with E-state index in [-0.39, 0.29) is 25.0 Å². The van der Waals surface area contributed by atoms with Gasteiger partial charge in [0.1, 0.15) is 11.6 Å². The number of aryl methyl sites for hydroxylation is 1. The highest BCUT2D eigenvalue weighted by atomic mass is 16.6. The van der Waals surface area contributed by atoms with Gasteiger partial charge in [0, 0.05) is 61.6 Å². The van der Waals surface area contributed by atoms with E-state index in [9.17, 15) is 14.7 Å². The van der Waals surface area contributed by atoms with Crippen molar-refractivity contribution in [2.75, 3.05) is 26.8 Å². The molecule has 0 radical (unpaired) electrons. The van der Waals surface area contributed by atoms with E-state index < -0.39 is 23.2 Å². The average molecular weight is 689 g/mol. The predicted octanol–water partition coefficient (Wildman–Crippen LogP) is 6.21. The highest BCUT2D eigenvalue weighted by molar-refractivity contribution is 5.95. The van der Waals surface area contributed by atoms with E-state index in [1.807, 2.05) is 19.1 Å². The fraction of sp³-hybridized carbons (Fsp3) is 0.526. The van der Waals surface area contributed by atoms with E-state index in [4.69, 9.17) is 18.9 Å². The van der Waals surface area contributed by atoms with Crippen molar-refractivity contribution in [1.29, 1.82) is 0 Å². The first-order valence-corrected chi connectivity index (χ1v) is 17.5. The van der Waals surface area contributed by atoms with E-state index in [0.29, 0.717) is 31.2 Å². The minimum atomic E-state index is -0.943. The van der Waals surface area contributed by atoms with Gasteiger partial charge in [-0.3, -0.25) is 14.8 Å². The molecule has 5 rings (SSSR count). The van der Waals surface area contributed by atoms with Crippen molar-refractivity contribution in [3.05, 3.63) is 59.9 Å². The van der Waals surface area contributed by atoms with Crippen LogP contribution in [0.15, 0.2) is 47.1 Å². The summed E-state index contributed by atoms with van der Waals surface area (Å²) in [6, 6.07) is 9.28. The summed E-state index contributed by atoms with van der Waals surface area (Å²) in [6.45, 7) is 15.5. The van der Waals surface area contributed by atoms with E-state index in [1.54, 1.807) is 45.3 Å². The molecule has 12 nitrogen and oxygen atoms in total. The SMILES string of the molecule is CCn1c(-c2cccnc2[C@H](C)OC)c(CC(C)(C)CO)c2cc(-c3cnc(C[C@H](NC(=O)OC(C)(C)C)C(=O)N4CCCCN4)o3)ccc21. The fourth-order valence-electron chi connectivity index (χ4n) is 6.41. The van der Waals surface area contributed by atoms with Crippen molar-refractivity contribution in [3.8, 4) is 22.6 Å². The summed E-state index contributed by atoms with van der Waals surface area (Å²) in [7, 11) is 1.68. The number of nitrogens with one attached hydrogen (secondary N) is 2. The summed E-state index contributed by atoms with van der Waals surface area (Å²) in [5.41, 5.74) is 7.86. The summed E-state index contributed by atoms with van der Waals surface area (Å²) in [5.74, 6) is 0.571. The van der Waals surface area contributed by atoms with Crippen LogP contribution in [-0.2, 0) is 33.7 Å².